The quantitative estimate of drug-likeness (QED) is 0.482. The number of nitrogens with zero attached hydrogens (tertiary/aromatic N) is 1. The molecular formula is C20H25N3O2. The molecule has 0 aliphatic carbocycles. The number of guanidine groups is 1. The van der Waals surface area contributed by atoms with Gasteiger partial charge in [0.25, 0.3) is 0 Å². The van der Waals surface area contributed by atoms with Crippen molar-refractivity contribution in [3.63, 3.8) is 0 Å². The molecule has 0 bridgehead atoms. The minimum Gasteiger partial charge on any atom is -0.462 e. The fraction of sp³-hybridized carbons (Fsp3) is 0.300. The van der Waals surface area contributed by atoms with Crippen LogP contribution >= 0.6 is 0 Å². The highest BCUT2D eigenvalue weighted by molar-refractivity contribution is 5.89. The SMILES string of the molecule is CCOC(=O)c1ccc(CNC(=NC)NCc2cccc(C)c2)cc1. The van der Waals surface area contributed by atoms with Crippen molar-refractivity contribution in [1.82, 2.24) is 10.6 Å². The summed E-state index contributed by atoms with van der Waals surface area (Å²) in [6.45, 7) is 5.59. The minimum absolute atomic E-state index is 0.294. The highest BCUT2D eigenvalue weighted by atomic mass is 16.5. The zero-order valence-corrected chi connectivity index (χ0v) is 15.0. The molecule has 2 aromatic rings. The molecule has 0 unspecified atom stereocenters. The molecule has 0 spiro atoms. The van der Waals surface area contributed by atoms with Crippen molar-refractivity contribution in [3.8, 4) is 0 Å². The van der Waals surface area contributed by atoms with Crippen LogP contribution in [0.4, 0.5) is 0 Å². The molecule has 0 saturated carbocycles. The van der Waals surface area contributed by atoms with Gasteiger partial charge in [-0.15, -0.1) is 0 Å². The summed E-state index contributed by atoms with van der Waals surface area (Å²) < 4.78 is 4.98. The molecular weight excluding hydrogens is 314 g/mol. The average molecular weight is 339 g/mol. The summed E-state index contributed by atoms with van der Waals surface area (Å²) in [6, 6.07) is 15.7. The van der Waals surface area contributed by atoms with Crippen LogP contribution in [0.3, 0.4) is 0 Å². The maximum atomic E-state index is 11.6. The van der Waals surface area contributed by atoms with Gasteiger partial charge >= 0.3 is 5.97 Å². The molecule has 5 heteroatoms. The van der Waals surface area contributed by atoms with Gasteiger partial charge in [0.05, 0.1) is 12.2 Å². The van der Waals surface area contributed by atoms with Crippen LogP contribution in [0.1, 0.15) is 34.0 Å². The maximum absolute atomic E-state index is 11.6. The molecule has 25 heavy (non-hydrogen) atoms. The van der Waals surface area contributed by atoms with Crippen LogP contribution in [0.5, 0.6) is 0 Å². The van der Waals surface area contributed by atoms with Gasteiger partial charge in [-0.3, -0.25) is 4.99 Å². The topological polar surface area (TPSA) is 62.7 Å². The molecule has 0 fully saturated rings. The lowest BCUT2D eigenvalue weighted by atomic mass is 10.1. The van der Waals surface area contributed by atoms with E-state index in [0.29, 0.717) is 25.3 Å². The third kappa shape index (κ3) is 5.95. The number of esters is 1. The van der Waals surface area contributed by atoms with Crippen molar-refractivity contribution in [2.75, 3.05) is 13.7 Å². The van der Waals surface area contributed by atoms with E-state index >= 15 is 0 Å². The second-order valence-electron chi connectivity index (χ2n) is 5.69. The predicted molar refractivity (Wildman–Crippen MR) is 101 cm³/mol. The Labute approximate surface area is 149 Å². The third-order valence-corrected chi connectivity index (χ3v) is 3.69. The minimum atomic E-state index is -0.294. The smallest absolute Gasteiger partial charge is 0.338 e. The highest BCUT2D eigenvalue weighted by Crippen LogP contribution is 2.06. The van der Waals surface area contributed by atoms with E-state index in [0.717, 1.165) is 11.5 Å². The lowest BCUT2D eigenvalue weighted by Crippen LogP contribution is -2.36. The van der Waals surface area contributed by atoms with Gasteiger partial charge in [-0.1, -0.05) is 42.0 Å². The Balaban J connectivity index is 1.85. The molecule has 5 nitrogen and oxygen atoms in total. The van der Waals surface area contributed by atoms with Gasteiger partial charge in [-0.05, 0) is 37.1 Å². The number of carbonyl (C=O) groups excluding carboxylic acids is 1. The Bertz CT molecular complexity index is 724. The number of rotatable bonds is 6. The standard InChI is InChI=1S/C20H25N3O2/c1-4-25-19(24)18-10-8-16(9-11-18)13-22-20(21-3)23-14-17-7-5-6-15(2)12-17/h5-12H,4,13-14H2,1-3H3,(H2,21,22,23). The maximum Gasteiger partial charge on any atom is 0.338 e. The van der Waals surface area contributed by atoms with Crippen molar-refractivity contribution in [2.45, 2.75) is 26.9 Å². The zero-order valence-electron chi connectivity index (χ0n) is 15.0. The van der Waals surface area contributed by atoms with Crippen LogP contribution in [0.2, 0.25) is 0 Å². The first-order chi connectivity index (χ1) is 12.1. The Kier molecular flexibility index (Phi) is 7.01. The summed E-state index contributed by atoms with van der Waals surface area (Å²) >= 11 is 0. The number of nitrogens with one attached hydrogen (secondary N) is 2. The molecule has 2 rings (SSSR count). The summed E-state index contributed by atoms with van der Waals surface area (Å²) in [6.07, 6.45) is 0. The van der Waals surface area contributed by atoms with E-state index in [4.69, 9.17) is 4.74 Å². The lowest BCUT2D eigenvalue weighted by molar-refractivity contribution is 0.0526. The first-order valence-electron chi connectivity index (χ1n) is 8.38. The first-order valence-corrected chi connectivity index (χ1v) is 8.38. The van der Waals surface area contributed by atoms with Gasteiger partial charge in [0.15, 0.2) is 5.96 Å². The lowest BCUT2D eigenvalue weighted by Gasteiger charge is -2.12. The molecule has 0 aliphatic rings. The summed E-state index contributed by atoms with van der Waals surface area (Å²) in [7, 11) is 1.75. The van der Waals surface area contributed by atoms with E-state index in [1.54, 1.807) is 26.1 Å². The monoisotopic (exact) mass is 339 g/mol. The fourth-order valence-corrected chi connectivity index (χ4v) is 2.39. The van der Waals surface area contributed by atoms with Crippen LogP contribution in [0.15, 0.2) is 53.5 Å². The Hall–Kier alpha value is -2.82. The number of aliphatic imine (C=N–C) groups is 1. The van der Waals surface area contributed by atoms with Crippen molar-refractivity contribution < 1.29 is 9.53 Å². The molecule has 2 N–H and O–H groups in total. The van der Waals surface area contributed by atoms with Crippen molar-refractivity contribution in [1.29, 1.82) is 0 Å². The van der Waals surface area contributed by atoms with Crippen LogP contribution < -0.4 is 10.6 Å². The van der Waals surface area contributed by atoms with E-state index in [-0.39, 0.29) is 5.97 Å². The van der Waals surface area contributed by atoms with Crippen molar-refractivity contribution in [2.24, 2.45) is 4.99 Å². The van der Waals surface area contributed by atoms with Gasteiger partial charge in [-0.2, -0.15) is 0 Å². The normalized spacial score (nSPS) is 11.1. The molecule has 2 aromatic carbocycles. The number of hydrogen-bond acceptors (Lipinski definition) is 3. The predicted octanol–water partition coefficient (Wildman–Crippen LogP) is 3.04. The van der Waals surface area contributed by atoms with Crippen molar-refractivity contribution >= 4 is 11.9 Å². The molecule has 0 heterocycles. The van der Waals surface area contributed by atoms with E-state index in [1.165, 1.54) is 11.1 Å². The molecule has 0 saturated heterocycles. The summed E-state index contributed by atoms with van der Waals surface area (Å²) in [4.78, 5) is 15.9. The molecule has 0 amide bonds. The first kappa shape index (κ1) is 18.5. The van der Waals surface area contributed by atoms with Gasteiger partial charge < -0.3 is 15.4 Å². The summed E-state index contributed by atoms with van der Waals surface area (Å²) in [5.74, 6) is 0.439. The van der Waals surface area contributed by atoms with Crippen LogP contribution in [-0.2, 0) is 17.8 Å². The number of ether oxygens (including phenoxy) is 1. The van der Waals surface area contributed by atoms with E-state index < -0.39 is 0 Å². The van der Waals surface area contributed by atoms with Gasteiger partial charge in [0.2, 0.25) is 0 Å². The summed E-state index contributed by atoms with van der Waals surface area (Å²) in [5.41, 5.74) is 4.07. The van der Waals surface area contributed by atoms with Crippen LogP contribution in [-0.4, -0.2) is 25.6 Å². The Morgan fingerprint density at radius 1 is 1.04 bits per heavy atom. The summed E-state index contributed by atoms with van der Waals surface area (Å²) in [5, 5.41) is 6.56. The van der Waals surface area contributed by atoms with E-state index in [9.17, 15) is 4.79 Å². The Morgan fingerprint density at radius 3 is 2.32 bits per heavy atom. The fourth-order valence-electron chi connectivity index (χ4n) is 2.39. The largest absolute Gasteiger partial charge is 0.462 e. The molecule has 0 atom stereocenters. The number of carbonyl (C=O) groups is 1. The van der Waals surface area contributed by atoms with E-state index in [2.05, 4.69) is 40.7 Å². The van der Waals surface area contributed by atoms with Gasteiger partial charge in [-0.25, -0.2) is 4.79 Å². The average Bonchev–Trinajstić information content (AvgIpc) is 2.62. The Morgan fingerprint density at radius 2 is 1.72 bits per heavy atom. The zero-order chi connectivity index (χ0) is 18.1. The van der Waals surface area contributed by atoms with Crippen LogP contribution in [0, 0.1) is 6.92 Å². The molecule has 0 aromatic heterocycles. The third-order valence-electron chi connectivity index (χ3n) is 3.69. The molecule has 132 valence electrons. The molecule has 0 radical (unpaired) electrons. The second-order valence-corrected chi connectivity index (χ2v) is 5.69. The van der Waals surface area contributed by atoms with Crippen LogP contribution in [0.25, 0.3) is 0 Å². The van der Waals surface area contributed by atoms with Gasteiger partial charge in [0, 0.05) is 20.1 Å². The highest BCUT2D eigenvalue weighted by Gasteiger charge is 2.06. The molecule has 0 aliphatic heterocycles. The number of hydrogen-bond donors (Lipinski definition) is 2. The van der Waals surface area contributed by atoms with Crippen molar-refractivity contribution in [3.05, 3.63) is 70.8 Å². The second kappa shape index (κ2) is 9.47. The number of benzene rings is 2. The number of aryl methyl sites for hydroxylation is 1. The van der Waals surface area contributed by atoms with E-state index in [1.807, 2.05) is 18.2 Å². The van der Waals surface area contributed by atoms with Gasteiger partial charge in [0.1, 0.15) is 0 Å².